The Morgan fingerprint density at radius 3 is 2.62 bits per heavy atom. The van der Waals surface area contributed by atoms with Crippen LogP contribution >= 0.6 is 0 Å². The van der Waals surface area contributed by atoms with Crippen LogP contribution in [0.3, 0.4) is 0 Å². The summed E-state index contributed by atoms with van der Waals surface area (Å²) >= 11 is 0. The molecule has 1 aliphatic rings. The smallest absolute Gasteiger partial charge is 0.289 e. The third-order valence-corrected chi connectivity index (χ3v) is 3.10. The Balaban J connectivity index is 2.11. The number of carbonyl (C=O) groups excluding carboxylic acids is 1. The van der Waals surface area contributed by atoms with Gasteiger partial charge < -0.3 is 14.8 Å². The van der Waals surface area contributed by atoms with E-state index in [0.29, 0.717) is 11.6 Å². The Morgan fingerprint density at radius 2 is 2.25 bits per heavy atom. The fourth-order valence-corrected chi connectivity index (χ4v) is 1.97. The van der Waals surface area contributed by atoms with Gasteiger partial charge in [0.15, 0.2) is 5.89 Å². The highest BCUT2D eigenvalue weighted by Gasteiger charge is 2.38. The molecule has 1 aromatic rings. The summed E-state index contributed by atoms with van der Waals surface area (Å²) in [6.07, 6.45) is 2.68. The summed E-state index contributed by atoms with van der Waals surface area (Å²) in [5.74, 6) is 0.443. The minimum Gasteiger partial charge on any atom is -0.436 e. The zero-order valence-electron chi connectivity index (χ0n) is 9.54. The summed E-state index contributed by atoms with van der Waals surface area (Å²) in [5, 5.41) is 12.1. The maximum Gasteiger partial charge on any atom is 0.289 e. The number of oxazole rings is 1. The van der Waals surface area contributed by atoms with Gasteiger partial charge in [-0.1, -0.05) is 0 Å². The molecule has 0 unspecified atom stereocenters. The molecule has 1 fully saturated rings. The molecule has 5 heteroatoms. The van der Waals surface area contributed by atoms with Crippen molar-refractivity contribution in [2.24, 2.45) is 0 Å². The molecule has 1 aromatic heterocycles. The van der Waals surface area contributed by atoms with Crippen LogP contribution in [-0.2, 0) is 0 Å². The lowest BCUT2D eigenvalue weighted by Crippen LogP contribution is -2.56. The molecule has 1 saturated carbocycles. The number of nitrogens with zero attached hydrogens (tertiary/aromatic N) is 1. The second kappa shape index (κ2) is 3.90. The predicted octanol–water partition coefficient (Wildman–Crippen LogP) is 0.936. The van der Waals surface area contributed by atoms with Crippen LogP contribution < -0.4 is 5.32 Å². The van der Waals surface area contributed by atoms with Crippen molar-refractivity contribution in [1.29, 1.82) is 0 Å². The van der Waals surface area contributed by atoms with Crippen molar-refractivity contribution in [3.63, 3.8) is 0 Å². The van der Waals surface area contributed by atoms with E-state index in [4.69, 9.17) is 4.42 Å². The first kappa shape index (κ1) is 11.1. The van der Waals surface area contributed by atoms with Crippen molar-refractivity contribution in [3.8, 4) is 0 Å². The molecule has 1 aliphatic carbocycles. The maximum atomic E-state index is 11.9. The number of aliphatic hydroxyl groups excluding tert-OH is 1. The molecule has 0 aromatic carbocycles. The van der Waals surface area contributed by atoms with Crippen molar-refractivity contribution in [3.05, 3.63) is 17.3 Å². The van der Waals surface area contributed by atoms with Gasteiger partial charge in [0.05, 0.1) is 17.8 Å². The van der Waals surface area contributed by atoms with E-state index in [1.165, 1.54) is 0 Å². The summed E-state index contributed by atoms with van der Waals surface area (Å²) < 4.78 is 5.23. The number of nitrogens with one attached hydrogen (secondary N) is 1. The maximum absolute atomic E-state index is 11.9. The molecular formula is C11H16N2O3. The number of aliphatic hydroxyl groups is 1. The van der Waals surface area contributed by atoms with Gasteiger partial charge in [-0.25, -0.2) is 4.98 Å². The fraction of sp³-hybridized carbons (Fsp3) is 0.636. The van der Waals surface area contributed by atoms with E-state index < -0.39 is 5.54 Å². The first-order valence-corrected chi connectivity index (χ1v) is 5.44. The third-order valence-electron chi connectivity index (χ3n) is 3.10. The highest BCUT2D eigenvalue weighted by molar-refractivity contribution is 5.93. The minimum atomic E-state index is -0.440. The van der Waals surface area contributed by atoms with Gasteiger partial charge in [-0.05, 0) is 26.2 Å². The number of amides is 1. The van der Waals surface area contributed by atoms with Gasteiger partial charge in [-0.3, -0.25) is 4.79 Å². The Hall–Kier alpha value is -1.36. The van der Waals surface area contributed by atoms with Gasteiger partial charge in [-0.2, -0.15) is 0 Å². The molecule has 16 heavy (non-hydrogen) atoms. The van der Waals surface area contributed by atoms with Gasteiger partial charge >= 0.3 is 0 Å². The summed E-state index contributed by atoms with van der Waals surface area (Å²) in [7, 11) is 0. The summed E-state index contributed by atoms with van der Waals surface area (Å²) in [6.45, 7) is 3.41. The average Bonchev–Trinajstić information content (AvgIpc) is 2.51. The van der Waals surface area contributed by atoms with Crippen LogP contribution in [0.25, 0.3) is 0 Å². The van der Waals surface area contributed by atoms with Crippen molar-refractivity contribution in [1.82, 2.24) is 10.3 Å². The van der Waals surface area contributed by atoms with Gasteiger partial charge in [0.25, 0.3) is 5.91 Å². The van der Waals surface area contributed by atoms with E-state index >= 15 is 0 Å². The second-order valence-corrected chi connectivity index (χ2v) is 4.39. The van der Waals surface area contributed by atoms with E-state index in [1.807, 2.05) is 0 Å². The van der Waals surface area contributed by atoms with Crippen LogP contribution in [0, 0.1) is 13.8 Å². The zero-order chi connectivity index (χ0) is 11.8. The summed E-state index contributed by atoms with van der Waals surface area (Å²) in [4.78, 5) is 15.9. The van der Waals surface area contributed by atoms with Crippen LogP contribution in [0.1, 0.15) is 41.4 Å². The number of hydrogen-bond donors (Lipinski definition) is 2. The van der Waals surface area contributed by atoms with Crippen LogP contribution in [-0.4, -0.2) is 28.1 Å². The molecule has 0 radical (unpaired) electrons. The Bertz CT molecular complexity index is 402. The molecule has 0 aliphatic heterocycles. The van der Waals surface area contributed by atoms with Crippen molar-refractivity contribution >= 4 is 5.91 Å². The highest BCUT2D eigenvalue weighted by atomic mass is 16.4. The molecular weight excluding hydrogens is 208 g/mol. The molecule has 0 saturated heterocycles. The molecule has 0 atom stereocenters. The quantitative estimate of drug-likeness (QED) is 0.801. The summed E-state index contributed by atoms with van der Waals surface area (Å²) in [6, 6.07) is 0. The fourth-order valence-electron chi connectivity index (χ4n) is 1.97. The van der Waals surface area contributed by atoms with E-state index in [1.54, 1.807) is 13.8 Å². The first-order chi connectivity index (χ1) is 7.56. The van der Waals surface area contributed by atoms with Gasteiger partial charge in [0.2, 0.25) is 5.76 Å². The molecule has 0 bridgehead atoms. The Kier molecular flexibility index (Phi) is 2.71. The molecule has 5 nitrogen and oxygen atoms in total. The number of carbonyl (C=O) groups is 1. The standard InChI is InChI=1S/C11H16N2O3/c1-7-9(16-8(2)12-7)10(15)13-11(6-14)4-3-5-11/h14H,3-6H2,1-2H3,(H,13,15). The van der Waals surface area contributed by atoms with E-state index in [-0.39, 0.29) is 18.3 Å². The van der Waals surface area contributed by atoms with Crippen molar-refractivity contribution < 1.29 is 14.3 Å². The Labute approximate surface area is 93.9 Å². The zero-order valence-corrected chi connectivity index (χ0v) is 9.54. The number of hydrogen-bond acceptors (Lipinski definition) is 4. The van der Waals surface area contributed by atoms with Crippen LogP contribution in [0.4, 0.5) is 0 Å². The Morgan fingerprint density at radius 1 is 1.56 bits per heavy atom. The van der Waals surface area contributed by atoms with Crippen LogP contribution in [0.15, 0.2) is 4.42 Å². The lowest BCUT2D eigenvalue weighted by atomic mass is 9.77. The lowest BCUT2D eigenvalue weighted by molar-refractivity contribution is 0.0618. The number of aromatic nitrogens is 1. The van der Waals surface area contributed by atoms with E-state index in [0.717, 1.165) is 19.3 Å². The second-order valence-electron chi connectivity index (χ2n) is 4.39. The molecule has 1 heterocycles. The SMILES string of the molecule is Cc1nc(C)c(C(=O)NC2(CO)CCC2)o1. The third kappa shape index (κ3) is 1.82. The van der Waals surface area contributed by atoms with Crippen LogP contribution in [0.2, 0.25) is 0 Å². The molecule has 2 N–H and O–H groups in total. The topological polar surface area (TPSA) is 75.4 Å². The van der Waals surface area contributed by atoms with Crippen molar-refractivity contribution in [2.75, 3.05) is 6.61 Å². The minimum absolute atomic E-state index is 0.0229. The van der Waals surface area contributed by atoms with Gasteiger partial charge in [0.1, 0.15) is 0 Å². The highest BCUT2D eigenvalue weighted by Crippen LogP contribution is 2.31. The molecule has 2 rings (SSSR count). The van der Waals surface area contributed by atoms with E-state index in [9.17, 15) is 9.90 Å². The van der Waals surface area contributed by atoms with Crippen LogP contribution in [0.5, 0.6) is 0 Å². The monoisotopic (exact) mass is 224 g/mol. The van der Waals surface area contributed by atoms with E-state index in [2.05, 4.69) is 10.3 Å². The predicted molar refractivity (Wildman–Crippen MR) is 57.1 cm³/mol. The van der Waals surface area contributed by atoms with Gasteiger partial charge in [0, 0.05) is 6.92 Å². The number of aryl methyl sites for hydroxylation is 2. The molecule has 88 valence electrons. The lowest BCUT2D eigenvalue weighted by Gasteiger charge is -2.40. The largest absolute Gasteiger partial charge is 0.436 e. The molecule has 0 spiro atoms. The van der Waals surface area contributed by atoms with Crippen molar-refractivity contribution in [2.45, 2.75) is 38.6 Å². The number of rotatable bonds is 3. The normalized spacial score (nSPS) is 17.9. The average molecular weight is 224 g/mol. The van der Waals surface area contributed by atoms with Gasteiger partial charge in [-0.15, -0.1) is 0 Å². The first-order valence-electron chi connectivity index (χ1n) is 5.44. The summed E-state index contributed by atoms with van der Waals surface area (Å²) in [5.41, 5.74) is 0.145. The molecule has 1 amide bonds.